The maximum absolute atomic E-state index is 13.7. The number of benzene rings is 3. The van der Waals surface area contributed by atoms with Crippen molar-refractivity contribution in [3.8, 4) is 17.2 Å². The molecule has 1 fully saturated rings. The number of phenolic OH excluding ortho intramolecular Hbond substituents is 1. The molecule has 3 aliphatic heterocycles. The number of halogens is 1. The van der Waals surface area contributed by atoms with Crippen LogP contribution in [-0.4, -0.2) is 95.6 Å². The number of amides is 3. The molecule has 0 aliphatic carbocycles. The number of carbonyl (C=O) groups excluding carboxylic acids is 3. The summed E-state index contributed by atoms with van der Waals surface area (Å²) in [6.07, 6.45) is 1.55. The zero-order valence-corrected chi connectivity index (χ0v) is 32.1. The number of alkyl halides is 1. The molecule has 0 saturated carbocycles. The summed E-state index contributed by atoms with van der Waals surface area (Å²) in [6.45, 7) is 5.42. The van der Waals surface area contributed by atoms with Crippen LogP contribution in [0.4, 0.5) is 16.2 Å². The van der Waals surface area contributed by atoms with Gasteiger partial charge in [-0.3, -0.25) is 9.59 Å². The molecule has 3 heterocycles. The first kappa shape index (κ1) is 38.2. The van der Waals surface area contributed by atoms with Crippen molar-refractivity contribution in [2.24, 2.45) is 0 Å². The number of aromatic hydroxyl groups is 1. The zero-order chi connectivity index (χ0) is 36.9. The minimum Gasteiger partial charge on any atom is -0.507 e. The fraction of sp³-hybridized carbons (Fsp3) is 0.500. The van der Waals surface area contributed by atoms with E-state index < -0.39 is 18.4 Å². The van der Waals surface area contributed by atoms with Gasteiger partial charge in [0.1, 0.15) is 12.4 Å². The summed E-state index contributed by atoms with van der Waals surface area (Å²) in [5.74, 6) is 1.77. The fourth-order valence-electron chi connectivity index (χ4n) is 7.35. The predicted octanol–water partition coefficient (Wildman–Crippen LogP) is 7.53. The first-order chi connectivity index (χ1) is 25.2. The van der Waals surface area contributed by atoms with Crippen LogP contribution in [0.15, 0.2) is 42.5 Å². The highest BCUT2D eigenvalue weighted by molar-refractivity contribution is 8.76. The van der Waals surface area contributed by atoms with Crippen LogP contribution >= 0.6 is 33.2 Å². The number of rotatable bonds is 14. The van der Waals surface area contributed by atoms with E-state index in [-0.39, 0.29) is 46.6 Å². The SMILES string of the molecule is CCSSC(C)COC(=O)N1c2cc(OCCCCCC(=O)N3CC(CCl)c4c3cc(O)c3ccccc43)c(OC)cc2C(=O)N2CCC[C@H]2C1O. The van der Waals surface area contributed by atoms with Gasteiger partial charge in [-0.25, -0.2) is 9.69 Å². The van der Waals surface area contributed by atoms with Gasteiger partial charge in [0.25, 0.3) is 5.91 Å². The fourth-order valence-corrected chi connectivity index (χ4v) is 9.37. The largest absolute Gasteiger partial charge is 0.507 e. The molecule has 3 unspecified atom stereocenters. The minimum absolute atomic E-state index is 0.0196. The highest BCUT2D eigenvalue weighted by Crippen LogP contribution is 2.46. The van der Waals surface area contributed by atoms with Gasteiger partial charge in [-0.05, 0) is 56.0 Å². The van der Waals surface area contributed by atoms with Gasteiger partial charge in [0, 0.05) is 59.8 Å². The molecule has 0 aromatic heterocycles. The highest BCUT2D eigenvalue weighted by atomic mass is 35.5. The highest BCUT2D eigenvalue weighted by Gasteiger charge is 2.45. The van der Waals surface area contributed by atoms with Gasteiger partial charge in [-0.1, -0.05) is 52.8 Å². The van der Waals surface area contributed by atoms with Gasteiger partial charge in [-0.15, -0.1) is 11.6 Å². The topological polar surface area (TPSA) is 129 Å². The molecule has 0 spiro atoms. The number of ether oxygens (including phenoxy) is 3. The number of phenols is 1. The van der Waals surface area contributed by atoms with Crippen molar-refractivity contribution < 1.29 is 38.8 Å². The number of anilines is 2. The van der Waals surface area contributed by atoms with E-state index >= 15 is 0 Å². The molecule has 3 aliphatic rings. The smallest absolute Gasteiger partial charge is 0.416 e. The van der Waals surface area contributed by atoms with E-state index in [1.165, 1.54) is 12.0 Å². The number of nitrogens with zero attached hydrogens (tertiary/aromatic N) is 3. The molecule has 4 atom stereocenters. The zero-order valence-electron chi connectivity index (χ0n) is 29.7. The summed E-state index contributed by atoms with van der Waals surface area (Å²) in [4.78, 5) is 45.3. The molecule has 280 valence electrons. The summed E-state index contributed by atoms with van der Waals surface area (Å²) in [5, 5.41) is 23.9. The third kappa shape index (κ3) is 7.74. The Morgan fingerprint density at radius 1 is 1.08 bits per heavy atom. The normalized spacial score (nSPS) is 20.0. The lowest BCUT2D eigenvalue weighted by Crippen LogP contribution is -2.51. The van der Waals surface area contributed by atoms with Crippen LogP contribution in [0.3, 0.4) is 0 Å². The summed E-state index contributed by atoms with van der Waals surface area (Å²) in [5.41, 5.74) is 2.16. The molecule has 1 saturated heterocycles. The Morgan fingerprint density at radius 2 is 1.87 bits per heavy atom. The van der Waals surface area contributed by atoms with Gasteiger partial charge >= 0.3 is 6.09 Å². The predicted molar refractivity (Wildman–Crippen MR) is 207 cm³/mol. The lowest BCUT2D eigenvalue weighted by molar-refractivity contribution is -0.118. The van der Waals surface area contributed by atoms with Crippen molar-refractivity contribution in [3.05, 3.63) is 53.6 Å². The first-order valence-corrected chi connectivity index (χ1v) is 20.8. The van der Waals surface area contributed by atoms with E-state index in [0.29, 0.717) is 69.2 Å². The summed E-state index contributed by atoms with van der Waals surface area (Å²) in [6, 6.07) is 11.9. The van der Waals surface area contributed by atoms with E-state index in [1.54, 1.807) is 49.6 Å². The number of carbonyl (C=O) groups is 3. The first-order valence-electron chi connectivity index (χ1n) is 17.9. The van der Waals surface area contributed by atoms with Crippen LogP contribution in [0.5, 0.6) is 17.2 Å². The Bertz CT molecular complexity index is 1800. The lowest BCUT2D eigenvalue weighted by atomic mass is 9.95. The second-order valence-corrected chi connectivity index (χ2v) is 16.7. The lowest BCUT2D eigenvalue weighted by Gasteiger charge is -2.32. The van der Waals surface area contributed by atoms with Crippen LogP contribution in [0.1, 0.15) is 74.2 Å². The van der Waals surface area contributed by atoms with E-state index in [2.05, 4.69) is 6.92 Å². The number of methoxy groups -OCH3 is 1. The Balaban J connectivity index is 1.10. The molecule has 3 aromatic carbocycles. The van der Waals surface area contributed by atoms with Crippen LogP contribution in [0, 0.1) is 0 Å². The van der Waals surface area contributed by atoms with Gasteiger partial charge < -0.3 is 34.2 Å². The summed E-state index contributed by atoms with van der Waals surface area (Å²) in [7, 11) is 4.80. The average molecular weight is 772 g/mol. The van der Waals surface area contributed by atoms with Gasteiger partial charge in [0.15, 0.2) is 17.7 Å². The maximum atomic E-state index is 13.7. The van der Waals surface area contributed by atoms with E-state index in [1.807, 2.05) is 31.2 Å². The van der Waals surface area contributed by atoms with Gasteiger partial charge in [0.05, 0.1) is 36.7 Å². The number of fused-ring (bicyclic) bond motifs is 5. The van der Waals surface area contributed by atoms with E-state index in [0.717, 1.165) is 34.2 Å². The van der Waals surface area contributed by atoms with Crippen LogP contribution in [0.2, 0.25) is 0 Å². The molecule has 11 nitrogen and oxygen atoms in total. The number of hydrogen-bond acceptors (Lipinski definition) is 10. The van der Waals surface area contributed by atoms with Crippen LogP contribution in [0.25, 0.3) is 10.8 Å². The van der Waals surface area contributed by atoms with Crippen LogP contribution < -0.4 is 19.3 Å². The monoisotopic (exact) mass is 771 g/mol. The molecule has 0 bridgehead atoms. The second-order valence-electron chi connectivity index (χ2n) is 13.3. The van der Waals surface area contributed by atoms with Crippen molar-refractivity contribution >= 4 is 73.2 Å². The Hall–Kier alpha value is -3.52. The third-order valence-corrected chi connectivity index (χ3v) is 13.2. The Labute approximate surface area is 317 Å². The molecule has 52 heavy (non-hydrogen) atoms. The number of unbranched alkanes of at least 4 members (excludes halogenated alkanes) is 2. The number of hydrogen-bond donors (Lipinski definition) is 2. The molecule has 6 rings (SSSR count). The van der Waals surface area contributed by atoms with Gasteiger partial charge in [0.2, 0.25) is 5.91 Å². The van der Waals surface area contributed by atoms with Crippen molar-refractivity contribution in [2.75, 3.05) is 54.8 Å². The quantitative estimate of drug-likeness (QED) is 0.0964. The number of aliphatic hydroxyl groups excluding tert-OH is 1. The average Bonchev–Trinajstić information content (AvgIpc) is 3.78. The molecule has 0 radical (unpaired) electrons. The number of aliphatic hydroxyl groups is 1. The standard InChI is InChI=1S/C38H46ClN3O8S2/c1-4-51-52-23(2)22-50-38(47)42-29-19-33(32(48-3)17-27(29)36(45)40-15-10-13-28(40)37(42)46)49-16-9-5-6-14-34(44)41-21-24(20-39)35-26-12-8-7-11-25(26)31(43)18-30(35)41/h7-8,11-12,17-19,23-24,28,37,43,46H,4-6,9-10,13-16,20-22H2,1-3H3/t23?,24?,28-,37?/m0/s1. The van der Waals surface area contributed by atoms with Crippen molar-refractivity contribution in [3.63, 3.8) is 0 Å². The van der Waals surface area contributed by atoms with Crippen molar-refractivity contribution in [1.29, 1.82) is 0 Å². The molecule has 3 amide bonds. The molecule has 14 heteroatoms. The van der Waals surface area contributed by atoms with Crippen molar-refractivity contribution in [2.45, 2.75) is 75.8 Å². The summed E-state index contributed by atoms with van der Waals surface area (Å²) < 4.78 is 17.5. The molecular weight excluding hydrogens is 726 g/mol. The summed E-state index contributed by atoms with van der Waals surface area (Å²) >= 11 is 6.35. The second kappa shape index (κ2) is 17.1. The van der Waals surface area contributed by atoms with E-state index in [4.69, 9.17) is 25.8 Å². The van der Waals surface area contributed by atoms with Crippen molar-refractivity contribution in [1.82, 2.24) is 4.90 Å². The maximum Gasteiger partial charge on any atom is 0.416 e. The van der Waals surface area contributed by atoms with Gasteiger partial charge in [-0.2, -0.15) is 0 Å². The Morgan fingerprint density at radius 3 is 2.62 bits per heavy atom. The molecule has 2 N–H and O–H groups in total. The van der Waals surface area contributed by atoms with E-state index in [9.17, 15) is 24.6 Å². The third-order valence-electron chi connectivity index (χ3n) is 9.85. The molecular formula is C38H46ClN3O8S2. The minimum atomic E-state index is -1.29. The molecule has 3 aromatic rings. The van der Waals surface area contributed by atoms with Crippen LogP contribution in [-0.2, 0) is 9.53 Å². The Kier molecular flexibility index (Phi) is 12.6.